The van der Waals surface area contributed by atoms with Crippen molar-refractivity contribution >= 4 is 22.9 Å². The molecule has 1 fully saturated rings. The van der Waals surface area contributed by atoms with E-state index in [-0.39, 0.29) is 22.9 Å². The molecule has 1 aliphatic rings. The third-order valence-corrected chi connectivity index (χ3v) is 2.16. The quantitative estimate of drug-likeness (QED) is 0.813. The van der Waals surface area contributed by atoms with Gasteiger partial charge in [0, 0.05) is 19.6 Å². The summed E-state index contributed by atoms with van der Waals surface area (Å²) in [5, 5.41) is 3.06. The summed E-state index contributed by atoms with van der Waals surface area (Å²) < 4.78 is 0. The van der Waals surface area contributed by atoms with Gasteiger partial charge in [0.05, 0.1) is 6.54 Å². The fourth-order valence-corrected chi connectivity index (χ4v) is 1.30. The van der Waals surface area contributed by atoms with Gasteiger partial charge in [-0.05, 0) is 12.3 Å². The van der Waals surface area contributed by atoms with E-state index in [0.29, 0.717) is 12.5 Å². The minimum absolute atomic E-state index is 0. The smallest absolute Gasteiger partial charge is 0.236 e. The molecular formula is C9H19BrN2O. The van der Waals surface area contributed by atoms with Crippen molar-refractivity contribution in [3.05, 3.63) is 0 Å². The van der Waals surface area contributed by atoms with E-state index >= 15 is 0 Å². The van der Waals surface area contributed by atoms with Crippen LogP contribution in [0.3, 0.4) is 0 Å². The van der Waals surface area contributed by atoms with Gasteiger partial charge < -0.3 is 10.2 Å². The number of nitrogens with zero attached hydrogens (tertiary/aromatic N) is 1. The van der Waals surface area contributed by atoms with E-state index in [0.717, 1.165) is 26.1 Å². The molecule has 13 heavy (non-hydrogen) atoms. The first-order valence-corrected chi connectivity index (χ1v) is 4.68. The molecule has 0 unspecified atom stereocenters. The largest absolute Gasteiger partial charge is 0.340 e. The summed E-state index contributed by atoms with van der Waals surface area (Å²) in [6.07, 6.45) is 1.12. The van der Waals surface area contributed by atoms with Crippen molar-refractivity contribution in [2.24, 2.45) is 5.92 Å². The second-order valence-electron chi connectivity index (χ2n) is 3.74. The zero-order chi connectivity index (χ0) is 8.97. The summed E-state index contributed by atoms with van der Waals surface area (Å²) >= 11 is 0. The van der Waals surface area contributed by atoms with Crippen LogP contribution in [0.5, 0.6) is 0 Å². The molecule has 0 atom stereocenters. The number of hydrogen-bond acceptors (Lipinski definition) is 2. The topological polar surface area (TPSA) is 32.3 Å². The first-order chi connectivity index (χ1) is 5.70. The molecule has 0 aromatic carbocycles. The van der Waals surface area contributed by atoms with Gasteiger partial charge in [-0.1, -0.05) is 13.8 Å². The van der Waals surface area contributed by atoms with Crippen LogP contribution in [0.25, 0.3) is 0 Å². The van der Waals surface area contributed by atoms with Crippen LogP contribution in [0.15, 0.2) is 0 Å². The molecule has 1 aliphatic heterocycles. The molecule has 0 spiro atoms. The maximum Gasteiger partial charge on any atom is 0.236 e. The molecule has 0 aromatic heterocycles. The van der Waals surface area contributed by atoms with Crippen molar-refractivity contribution in [3.8, 4) is 0 Å². The second kappa shape index (κ2) is 6.38. The lowest BCUT2D eigenvalue weighted by atomic mass is 10.1. The van der Waals surface area contributed by atoms with E-state index < -0.39 is 0 Å². The van der Waals surface area contributed by atoms with Gasteiger partial charge in [0.25, 0.3) is 0 Å². The summed E-state index contributed by atoms with van der Waals surface area (Å²) in [5.41, 5.74) is 0. The van der Waals surface area contributed by atoms with Crippen molar-refractivity contribution in [1.29, 1.82) is 0 Å². The van der Waals surface area contributed by atoms with Crippen molar-refractivity contribution in [1.82, 2.24) is 10.2 Å². The maximum absolute atomic E-state index is 11.3. The van der Waals surface area contributed by atoms with Crippen LogP contribution in [-0.4, -0.2) is 37.0 Å². The third-order valence-electron chi connectivity index (χ3n) is 2.16. The van der Waals surface area contributed by atoms with Crippen LogP contribution >= 0.6 is 17.0 Å². The highest BCUT2D eigenvalue weighted by molar-refractivity contribution is 8.93. The van der Waals surface area contributed by atoms with Crippen LogP contribution in [0, 0.1) is 5.92 Å². The molecule has 0 aliphatic carbocycles. The number of carbonyl (C=O) groups is 1. The Labute approximate surface area is 90.6 Å². The molecule has 0 bridgehead atoms. The lowest BCUT2D eigenvalue weighted by Crippen LogP contribution is -2.48. The van der Waals surface area contributed by atoms with Gasteiger partial charge in [0.15, 0.2) is 0 Å². The summed E-state index contributed by atoms with van der Waals surface area (Å²) in [6, 6.07) is 0. The standard InChI is InChI=1S/C9H18N2O.BrH/c1-8(2)3-5-11-6-4-10-7-9(11)12;/h8,10H,3-7H2,1-2H3;1H. The van der Waals surface area contributed by atoms with Crippen LogP contribution in [0.4, 0.5) is 0 Å². The number of rotatable bonds is 3. The van der Waals surface area contributed by atoms with E-state index in [2.05, 4.69) is 19.2 Å². The van der Waals surface area contributed by atoms with Gasteiger partial charge >= 0.3 is 0 Å². The van der Waals surface area contributed by atoms with Gasteiger partial charge in [0.2, 0.25) is 5.91 Å². The fraction of sp³-hybridized carbons (Fsp3) is 0.889. The summed E-state index contributed by atoms with van der Waals surface area (Å²) in [5.74, 6) is 0.939. The Kier molecular flexibility index (Phi) is 6.33. The molecule has 1 rings (SSSR count). The van der Waals surface area contributed by atoms with Crippen molar-refractivity contribution in [3.63, 3.8) is 0 Å². The van der Waals surface area contributed by atoms with Crippen LogP contribution in [0.1, 0.15) is 20.3 Å². The lowest BCUT2D eigenvalue weighted by molar-refractivity contribution is -0.132. The molecule has 0 saturated carbocycles. The zero-order valence-corrected chi connectivity index (χ0v) is 10.1. The predicted octanol–water partition coefficient (Wildman–Crippen LogP) is 1.04. The average Bonchev–Trinajstić information content (AvgIpc) is 2.03. The lowest BCUT2D eigenvalue weighted by Gasteiger charge is -2.27. The van der Waals surface area contributed by atoms with Gasteiger partial charge in [-0.25, -0.2) is 0 Å². The SMILES string of the molecule is Br.CC(C)CCN1CCNCC1=O. The third kappa shape index (κ3) is 4.62. The Hall–Kier alpha value is -0.0900. The Bertz CT molecular complexity index is 162. The van der Waals surface area contributed by atoms with Crippen LogP contribution < -0.4 is 5.32 Å². The van der Waals surface area contributed by atoms with Crippen molar-refractivity contribution < 1.29 is 4.79 Å². The molecule has 4 heteroatoms. The van der Waals surface area contributed by atoms with Gasteiger partial charge in [-0.3, -0.25) is 4.79 Å². The summed E-state index contributed by atoms with van der Waals surface area (Å²) in [7, 11) is 0. The highest BCUT2D eigenvalue weighted by Crippen LogP contribution is 2.03. The molecule has 3 nitrogen and oxygen atoms in total. The molecule has 0 radical (unpaired) electrons. The molecule has 1 amide bonds. The number of amides is 1. The monoisotopic (exact) mass is 250 g/mol. The van der Waals surface area contributed by atoms with Crippen molar-refractivity contribution in [2.75, 3.05) is 26.2 Å². The Morgan fingerprint density at radius 3 is 2.77 bits per heavy atom. The van der Waals surface area contributed by atoms with Gasteiger partial charge in [-0.2, -0.15) is 0 Å². The minimum Gasteiger partial charge on any atom is -0.340 e. The van der Waals surface area contributed by atoms with Gasteiger partial charge in [-0.15, -0.1) is 17.0 Å². The molecule has 0 aromatic rings. The molecular weight excluding hydrogens is 232 g/mol. The summed E-state index contributed by atoms with van der Waals surface area (Å²) in [6.45, 7) is 7.66. The molecule has 1 saturated heterocycles. The number of hydrogen-bond donors (Lipinski definition) is 1. The number of nitrogens with one attached hydrogen (secondary N) is 1. The first kappa shape index (κ1) is 12.9. The van der Waals surface area contributed by atoms with E-state index in [9.17, 15) is 4.79 Å². The van der Waals surface area contributed by atoms with Crippen molar-refractivity contribution in [2.45, 2.75) is 20.3 Å². The highest BCUT2D eigenvalue weighted by atomic mass is 79.9. The zero-order valence-electron chi connectivity index (χ0n) is 8.38. The van der Waals surface area contributed by atoms with E-state index in [1.165, 1.54) is 0 Å². The van der Waals surface area contributed by atoms with Crippen LogP contribution in [0.2, 0.25) is 0 Å². The van der Waals surface area contributed by atoms with Gasteiger partial charge in [0.1, 0.15) is 0 Å². The number of piperazine rings is 1. The fourth-order valence-electron chi connectivity index (χ4n) is 1.30. The van der Waals surface area contributed by atoms with E-state index in [1.807, 2.05) is 4.90 Å². The molecule has 1 N–H and O–H groups in total. The number of halogens is 1. The minimum atomic E-state index is 0. The van der Waals surface area contributed by atoms with Crippen LogP contribution in [-0.2, 0) is 4.79 Å². The Balaban J connectivity index is 0.00000144. The first-order valence-electron chi connectivity index (χ1n) is 4.68. The number of carbonyl (C=O) groups excluding carboxylic acids is 1. The normalized spacial score (nSPS) is 17.5. The highest BCUT2D eigenvalue weighted by Gasteiger charge is 2.16. The second-order valence-corrected chi connectivity index (χ2v) is 3.74. The summed E-state index contributed by atoms with van der Waals surface area (Å²) in [4.78, 5) is 13.2. The Morgan fingerprint density at radius 2 is 2.23 bits per heavy atom. The molecule has 1 heterocycles. The van der Waals surface area contributed by atoms with E-state index in [1.54, 1.807) is 0 Å². The average molecular weight is 251 g/mol. The maximum atomic E-state index is 11.3. The predicted molar refractivity (Wildman–Crippen MR) is 59.2 cm³/mol. The molecule has 78 valence electrons. The Morgan fingerprint density at radius 1 is 1.54 bits per heavy atom. The van der Waals surface area contributed by atoms with E-state index in [4.69, 9.17) is 0 Å².